The van der Waals surface area contributed by atoms with Crippen LogP contribution in [0.1, 0.15) is 5.56 Å². The zero-order valence-corrected chi connectivity index (χ0v) is 11.9. The molecule has 0 aliphatic heterocycles. The third kappa shape index (κ3) is 6.05. The molecule has 1 aromatic carbocycles. The van der Waals surface area contributed by atoms with Crippen LogP contribution in [-0.2, 0) is 16.0 Å². The van der Waals surface area contributed by atoms with Gasteiger partial charge in [0.25, 0.3) is 0 Å². The van der Waals surface area contributed by atoms with E-state index in [1.807, 2.05) is 24.3 Å². The Morgan fingerprint density at radius 2 is 2.35 bits per heavy atom. The number of nitrogens with one attached hydrogen (secondary N) is 1. The highest BCUT2D eigenvalue weighted by Crippen LogP contribution is 2.11. The number of rotatable bonds is 6. The van der Waals surface area contributed by atoms with Gasteiger partial charge >= 0.3 is 0 Å². The van der Waals surface area contributed by atoms with Crippen molar-refractivity contribution in [2.24, 2.45) is 0 Å². The molecule has 17 heavy (non-hydrogen) atoms. The van der Waals surface area contributed by atoms with E-state index in [2.05, 4.69) is 21.2 Å². The fourth-order valence-electron chi connectivity index (χ4n) is 1.36. The molecule has 0 saturated heterocycles. The molecular formula is C12H15BrClNO2. The predicted octanol–water partition coefficient (Wildman–Crippen LogP) is 2.36. The van der Waals surface area contributed by atoms with Crippen LogP contribution in [0.2, 0.25) is 0 Å². The lowest BCUT2D eigenvalue weighted by molar-refractivity contribution is -0.120. The van der Waals surface area contributed by atoms with Crippen molar-refractivity contribution in [3.63, 3.8) is 0 Å². The van der Waals surface area contributed by atoms with E-state index in [9.17, 15) is 4.79 Å². The van der Waals surface area contributed by atoms with Gasteiger partial charge in [-0.2, -0.15) is 0 Å². The Hall–Kier alpha value is -0.580. The SMILES string of the molecule is COCC(Cl)CNC(=O)Cc1cccc(Br)c1. The predicted molar refractivity (Wildman–Crippen MR) is 72.4 cm³/mol. The molecule has 0 spiro atoms. The van der Waals surface area contributed by atoms with Crippen molar-refractivity contribution in [3.8, 4) is 0 Å². The van der Waals surface area contributed by atoms with Gasteiger partial charge in [0.05, 0.1) is 18.4 Å². The minimum absolute atomic E-state index is 0.0372. The van der Waals surface area contributed by atoms with Crippen molar-refractivity contribution in [3.05, 3.63) is 34.3 Å². The van der Waals surface area contributed by atoms with Crippen molar-refractivity contribution in [2.45, 2.75) is 11.8 Å². The monoisotopic (exact) mass is 319 g/mol. The van der Waals surface area contributed by atoms with Crippen molar-refractivity contribution in [1.29, 1.82) is 0 Å². The van der Waals surface area contributed by atoms with E-state index in [1.54, 1.807) is 7.11 Å². The maximum Gasteiger partial charge on any atom is 0.224 e. The summed E-state index contributed by atoms with van der Waals surface area (Å²) in [6.45, 7) is 0.848. The van der Waals surface area contributed by atoms with E-state index in [4.69, 9.17) is 16.3 Å². The number of methoxy groups -OCH3 is 1. The number of ether oxygens (including phenoxy) is 1. The van der Waals surface area contributed by atoms with Crippen molar-refractivity contribution in [1.82, 2.24) is 5.32 Å². The van der Waals surface area contributed by atoms with E-state index in [0.717, 1.165) is 10.0 Å². The lowest BCUT2D eigenvalue weighted by Crippen LogP contribution is -2.32. The van der Waals surface area contributed by atoms with Gasteiger partial charge in [-0.1, -0.05) is 28.1 Å². The molecule has 94 valence electrons. The zero-order valence-electron chi connectivity index (χ0n) is 9.58. The summed E-state index contributed by atoms with van der Waals surface area (Å²) in [5.74, 6) is -0.0372. The summed E-state index contributed by atoms with van der Waals surface area (Å²) < 4.78 is 5.85. The smallest absolute Gasteiger partial charge is 0.224 e. The van der Waals surface area contributed by atoms with Crippen molar-refractivity contribution >= 4 is 33.4 Å². The first-order valence-electron chi connectivity index (χ1n) is 5.26. The summed E-state index contributed by atoms with van der Waals surface area (Å²) in [6, 6.07) is 7.67. The molecule has 1 N–H and O–H groups in total. The lowest BCUT2D eigenvalue weighted by Gasteiger charge is -2.09. The molecule has 3 nitrogen and oxygen atoms in total. The number of carbonyl (C=O) groups excluding carboxylic acids is 1. The van der Waals surface area contributed by atoms with Gasteiger partial charge in [0, 0.05) is 18.1 Å². The Morgan fingerprint density at radius 1 is 1.59 bits per heavy atom. The third-order valence-electron chi connectivity index (χ3n) is 2.12. The van der Waals surface area contributed by atoms with E-state index in [-0.39, 0.29) is 11.3 Å². The molecule has 1 atom stereocenters. The van der Waals surface area contributed by atoms with Gasteiger partial charge in [0.15, 0.2) is 0 Å². The quantitative estimate of drug-likeness (QED) is 0.817. The number of hydrogen-bond donors (Lipinski definition) is 1. The van der Waals surface area contributed by atoms with Gasteiger partial charge in [0.2, 0.25) is 5.91 Å². The molecule has 5 heteroatoms. The van der Waals surface area contributed by atoms with E-state index in [0.29, 0.717) is 19.6 Å². The number of benzene rings is 1. The van der Waals surface area contributed by atoms with E-state index in [1.165, 1.54) is 0 Å². The molecule has 0 radical (unpaired) electrons. The number of amides is 1. The number of alkyl halides is 1. The maximum atomic E-state index is 11.6. The molecule has 0 aromatic heterocycles. The topological polar surface area (TPSA) is 38.3 Å². The zero-order chi connectivity index (χ0) is 12.7. The molecular weight excluding hydrogens is 305 g/mol. The minimum Gasteiger partial charge on any atom is -0.383 e. The highest BCUT2D eigenvalue weighted by atomic mass is 79.9. The standard InChI is InChI=1S/C12H15BrClNO2/c1-17-8-11(14)7-15-12(16)6-9-3-2-4-10(13)5-9/h2-5,11H,6-8H2,1H3,(H,15,16). The largest absolute Gasteiger partial charge is 0.383 e. The average molecular weight is 321 g/mol. The molecule has 1 rings (SSSR count). The van der Waals surface area contributed by atoms with Crippen molar-refractivity contribution < 1.29 is 9.53 Å². The Bertz CT molecular complexity index is 373. The number of halogens is 2. The molecule has 1 unspecified atom stereocenters. The fourth-order valence-corrected chi connectivity index (χ4v) is 2.01. The second-order valence-corrected chi connectivity index (χ2v) is 5.20. The van der Waals surface area contributed by atoms with Gasteiger partial charge in [0.1, 0.15) is 0 Å². The number of hydrogen-bond acceptors (Lipinski definition) is 2. The first kappa shape index (κ1) is 14.5. The molecule has 0 aliphatic carbocycles. The summed E-state index contributed by atoms with van der Waals surface area (Å²) in [7, 11) is 1.58. The summed E-state index contributed by atoms with van der Waals surface area (Å²) in [6.07, 6.45) is 0.357. The Balaban J connectivity index is 2.34. The van der Waals surface area contributed by atoms with Crippen LogP contribution in [0.25, 0.3) is 0 Å². The van der Waals surface area contributed by atoms with Crippen molar-refractivity contribution in [2.75, 3.05) is 20.3 Å². The Kier molecular flexibility index (Phi) is 6.55. The van der Waals surface area contributed by atoms with Gasteiger partial charge in [-0.05, 0) is 17.7 Å². The first-order chi connectivity index (χ1) is 8.11. The van der Waals surface area contributed by atoms with Gasteiger partial charge in [-0.25, -0.2) is 0 Å². The van der Waals surface area contributed by atoms with Crippen LogP contribution < -0.4 is 5.32 Å². The molecule has 0 bridgehead atoms. The summed E-state index contributed by atoms with van der Waals surface area (Å²) in [5.41, 5.74) is 0.967. The second kappa shape index (κ2) is 7.69. The molecule has 1 amide bonds. The maximum absolute atomic E-state index is 11.6. The molecule has 0 saturated carbocycles. The molecule has 0 heterocycles. The number of carbonyl (C=O) groups is 1. The molecule has 1 aromatic rings. The van der Waals surface area contributed by atoms with Crippen LogP contribution in [0.15, 0.2) is 28.7 Å². The average Bonchev–Trinajstić information content (AvgIpc) is 2.27. The lowest BCUT2D eigenvalue weighted by atomic mass is 10.1. The van der Waals surface area contributed by atoms with Gasteiger partial charge in [-0.3, -0.25) is 4.79 Å². The molecule has 0 aliphatic rings. The summed E-state index contributed by atoms with van der Waals surface area (Å²) in [4.78, 5) is 11.6. The van der Waals surface area contributed by atoms with Crippen LogP contribution in [0.3, 0.4) is 0 Å². The van der Waals surface area contributed by atoms with Crippen LogP contribution in [0, 0.1) is 0 Å². The Labute approximate surface area is 115 Å². The normalized spacial score (nSPS) is 12.2. The molecule has 0 fully saturated rings. The second-order valence-electron chi connectivity index (χ2n) is 3.66. The van der Waals surface area contributed by atoms with Crippen LogP contribution >= 0.6 is 27.5 Å². The van der Waals surface area contributed by atoms with Gasteiger partial charge in [-0.15, -0.1) is 11.6 Å². The third-order valence-corrected chi connectivity index (χ3v) is 2.90. The van der Waals surface area contributed by atoms with E-state index >= 15 is 0 Å². The van der Waals surface area contributed by atoms with E-state index < -0.39 is 0 Å². The first-order valence-corrected chi connectivity index (χ1v) is 6.49. The van der Waals surface area contributed by atoms with Crippen LogP contribution in [0.4, 0.5) is 0 Å². The fraction of sp³-hybridized carbons (Fsp3) is 0.417. The summed E-state index contributed by atoms with van der Waals surface area (Å²) >= 11 is 9.27. The minimum atomic E-state index is -0.188. The highest BCUT2D eigenvalue weighted by Gasteiger charge is 2.07. The van der Waals surface area contributed by atoms with Crippen LogP contribution in [0.5, 0.6) is 0 Å². The van der Waals surface area contributed by atoms with Gasteiger partial charge < -0.3 is 10.1 Å². The Morgan fingerprint density at radius 3 is 3.00 bits per heavy atom. The summed E-state index contributed by atoms with van der Waals surface area (Å²) in [5, 5.41) is 2.58. The highest BCUT2D eigenvalue weighted by molar-refractivity contribution is 9.10. The van der Waals surface area contributed by atoms with Crippen LogP contribution in [-0.4, -0.2) is 31.5 Å².